The molecule has 1 amide bonds. The molecule has 256 valence electrons. The second kappa shape index (κ2) is 13.2. The number of carbonyl (C=O) groups is 1. The molecule has 0 aliphatic carbocycles. The number of nitrogens with one attached hydrogen (secondary N) is 1. The van der Waals surface area contributed by atoms with Crippen LogP contribution in [0.3, 0.4) is 0 Å². The fraction of sp³-hybridized carbons (Fsp3) is 0.200. The number of hydrogen-bond donors (Lipinski definition) is 1. The summed E-state index contributed by atoms with van der Waals surface area (Å²) in [6.07, 6.45) is 2.86. The van der Waals surface area contributed by atoms with Gasteiger partial charge in [0.2, 0.25) is 0 Å². The average molecular weight is 743 g/mol. The smallest absolute Gasteiger partial charge is 0.261 e. The highest BCUT2D eigenvalue weighted by Crippen LogP contribution is 2.30. The number of fused-ring (bicyclic) bond motifs is 4. The van der Waals surface area contributed by atoms with E-state index in [0.717, 1.165) is 60.6 Å². The molecule has 0 saturated carbocycles. The van der Waals surface area contributed by atoms with E-state index in [1.54, 1.807) is 11.7 Å². The van der Waals surface area contributed by atoms with Crippen molar-refractivity contribution in [3.8, 4) is 11.4 Å². The SMILES string of the molecule is CNc1nn(Cc2ccc(OC)cc2)c2cc(-n3c(=O)c4c(n5ncc(Cc6ccccc6)c35)CN(C(=O)c3ccc(Br)c(C)c3)CC4)ccc12. The Morgan fingerprint density at radius 1 is 0.980 bits per heavy atom. The van der Waals surface area contributed by atoms with Gasteiger partial charge in [-0.1, -0.05) is 58.4 Å². The Morgan fingerprint density at radius 2 is 1.78 bits per heavy atom. The first-order valence-electron chi connectivity index (χ1n) is 16.9. The van der Waals surface area contributed by atoms with Crippen LogP contribution in [0.25, 0.3) is 22.2 Å². The fourth-order valence-corrected chi connectivity index (χ4v) is 7.29. The standard InChI is InChI=1S/C40H36BrN7O3/c1-25-19-28(11-16-34(25)41)39(49)45-18-17-33-36(24-45)48-38(29(22-43-48)20-26-7-5-4-6-8-26)47(40(33)50)30-12-15-32-35(21-30)46(44-37(32)42-2)23-27-9-13-31(51-3)14-10-27/h4-16,19,21-22H,17-18,20,23-24H2,1-3H3,(H,42,44). The van der Waals surface area contributed by atoms with Crippen molar-refractivity contribution in [1.29, 1.82) is 0 Å². The molecule has 0 radical (unpaired) electrons. The van der Waals surface area contributed by atoms with Gasteiger partial charge in [0.15, 0.2) is 5.82 Å². The van der Waals surface area contributed by atoms with Crippen LogP contribution in [-0.4, -0.2) is 55.5 Å². The maximum atomic E-state index is 14.8. The number of hydrogen-bond acceptors (Lipinski definition) is 6. The van der Waals surface area contributed by atoms with Gasteiger partial charge in [-0.3, -0.25) is 18.8 Å². The van der Waals surface area contributed by atoms with Gasteiger partial charge in [-0.25, -0.2) is 4.52 Å². The number of methoxy groups -OCH3 is 1. The lowest BCUT2D eigenvalue weighted by molar-refractivity contribution is 0.0729. The molecule has 0 atom stereocenters. The summed E-state index contributed by atoms with van der Waals surface area (Å²) in [6, 6.07) is 29.8. The van der Waals surface area contributed by atoms with Gasteiger partial charge < -0.3 is 15.0 Å². The van der Waals surface area contributed by atoms with Gasteiger partial charge in [0, 0.05) is 46.6 Å². The highest BCUT2D eigenvalue weighted by Gasteiger charge is 2.29. The van der Waals surface area contributed by atoms with Gasteiger partial charge in [-0.2, -0.15) is 10.2 Å². The molecule has 7 aromatic rings. The lowest BCUT2D eigenvalue weighted by Crippen LogP contribution is -2.41. The van der Waals surface area contributed by atoms with E-state index in [-0.39, 0.29) is 18.0 Å². The first-order valence-corrected chi connectivity index (χ1v) is 17.7. The summed E-state index contributed by atoms with van der Waals surface area (Å²) in [4.78, 5) is 30.3. The quantitative estimate of drug-likeness (QED) is 0.184. The molecule has 1 aliphatic heterocycles. The van der Waals surface area contributed by atoms with Gasteiger partial charge in [0.05, 0.1) is 43.3 Å². The summed E-state index contributed by atoms with van der Waals surface area (Å²) >= 11 is 3.54. The molecule has 0 saturated heterocycles. The third-order valence-electron chi connectivity index (χ3n) is 9.72. The van der Waals surface area contributed by atoms with Gasteiger partial charge in [0.1, 0.15) is 11.4 Å². The molecule has 8 rings (SSSR count). The molecule has 0 unspecified atom stereocenters. The van der Waals surface area contributed by atoms with Crippen LogP contribution in [0.5, 0.6) is 5.75 Å². The van der Waals surface area contributed by atoms with Gasteiger partial charge in [0.25, 0.3) is 11.5 Å². The summed E-state index contributed by atoms with van der Waals surface area (Å²) in [5.41, 5.74) is 8.30. The summed E-state index contributed by atoms with van der Waals surface area (Å²) in [6.45, 7) is 3.22. The van der Waals surface area contributed by atoms with E-state index < -0.39 is 0 Å². The van der Waals surface area contributed by atoms with E-state index in [9.17, 15) is 9.59 Å². The van der Waals surface area contributed by atoms with Crippen molar-refractivity contribution in [3.05, 3.63) is 151 Å². The highest BCUT2D eigenvalue weighted by atomic mass is 79.9. The van der Waals surface area contributed by atoms with Crippen molar-refractivity contribution in [1.82, 2.24) is 28.9 Å². The molecule has 1 aliphatic rings. The van der Waals surface area contributed by atoms with E-state index in [1.165, 1.54) is 0 Å². The van der Waals surface area contributed by atoms with Crippen molar-refractivity contribution in [2.24, 2.45) is 0 Å². The Bertz CT molecular complexity index is 2500. The molecule has 10 nitrogen and oxygen atoms in total. The number of aromatic nitrogens is 5. The maximum Gasteiger partial charge on any atom is 0.261 e. The maximum absolute atomic E-state index is 14.8. The Labute approximate surface area is 303 Å². The summed E-state index contributed by atoms with van der Waals surface area (Å²) in [5.74, 6) is 1.48. The molecule has 0 spiro atoms. The van der Waals surface area contributed by atoms with Gasteiger partial charge in [-0.15, -0.1) is 0 Å². The number of anilines is 1. The third kappa shape index (κ3) is 5.87. The predicted molar refractivity (Wildman–Crippen MR) is 202 cm³/mol. The number of rotatable bonds is 8. The minimum atomic E-state index is -0.103. The molecule has 4 heterocycles. The van der Waals surface area contributed by atoms with Gasteiger partial charge in [-0.05, 0) is 78.6 Å². The number of benzene rings is 4. The molecule has 4 aromatic carbocycles. The molecule has 3 aromatic heterocycles. The Hall–Kier alpha value is -5.68. The van der Waals surface area contributed by atoms with Crippen LogP contribution < -0.4 is 15.6 Å². The number of halogens is 1. The van der Waals surface area contributed by atoms with Crippen LogP contribution in [0, 0.1) is 6.92 Å². The Balaban J connectivity index is 1.27. The molecule has 11 heteroatoms. The number of aryl methyl sites for hydroxylation is 1. The topological polar surface area (TPSA) is 98.7 Å². The zero-order valence-electron chi connectivity index (χ0n) is 28.6. The monoisotopic (exact) mass is 741 g/mol. The zero-order chi connectivity index (χ0) is 35.2. The normalized spacial score (nSPS) is 12.7. The number of ether oxygens (including phenoxy) is 1. The number of carbonyl (C=O) groups excluding carboxylic acids is 1. The predicted octanol–water partition coefficient (Wildman–Crippen LogP) is 6.79. The second-order valence-electron chi connectivity index (χ2n) is 12.9. The number of nitrogens with zero attached hydrogens (tertiary/aromatic N) is 6. The summed E-state index contributed by atoms with van der Waals surface area (Å²) in [5, 5.41) is 14.0. The lowest BCUT2D eigenvalue weighted by Gasteiger charge is -2.30. The average Bonchev–Trinajstić information content (AvgIpc) is 3.73. The minimum Gasteiger partial charge on any atom is -0.497 e. The van der Waals surface area contributed by atoms with E-state index in [2.05, 4.69) is 33.4 Å². The fourth-order valence-electron chi connectivity index (χ4n) is 7.04. The first kappa shape index (κ1) is 32.5. The van der Waals surface area contributed by atoms with Gasteiger partial charge >= 0.3 is 0 Å². The van der Waals surface area contributed by atoms with Crippen molar-refractivity contribution < 1.29 is 9.53 Å². The summed E-state index contributed by atoms with van der Waals surface area (Å²) in [7, 11) is 3.52. The summed E-state index contributed by atoms with van der Waals surface area (Å²) < 4.78 is 11.9. The van der Waals surface area contributed by atoms with Crippen LogP contribution in [0.4, 0.5) is 5.82 Å². The third-order valence-corrected chi connectivity index (χ3v) is 10.6. The molecular weight excluding hydrogens is 706 g/mol. The molecule has 51 heavy (non-hydrogen) atoms. The van der Waals surface area contributed by atoms with Crippen LogP contribution in [0.15, 0.2) is 106 Å². The molecular formula is C40H36BrN7O3. The Kier molecular flexibility index (Phi) is 8.43. The molecule has 0 fully saturated rings. The zero-order valence-corrected chi connectivity index (χ0v) is 30.1. The van der Waals surface area contributed by atoms with E-state index in [0.29, 0.717) is 42.7 Å². The number of amides is 1. The highest BCUT2D eigenvalue weighted by molar-refractivity contribution is 9.10. The van der Waals surface area contributed by atoms with E-state index in [4.69, 9.17) is 14.9 Å². The first-order chi connectivity index (χ1) is 24.8. The lowest BCUT2D eigenvalue weighted by atomic mass is 10.0. The van der Waals surface area contributed by atoms with Crippen LogP contribution in [0.1, 0.15) is 43.9 Å². The van der Waals surface area contributed by atoms with Crippen molar-refractivity contribution in [2.75, 3.05) is 26.0 Å². The minimum absolute atomic E-state index is 0.0684. The second-order valence-corrected chi connectivity index (χ2v) is 13.7. The van der Waals surface area contributed by atoms with Crippen molar-refractivity contribution in [2.45, 2.75) is 32.9 Å². The van der Waals surface area contributed by atoms with E-state index in [1.807, 2.05) is 113 Å². The van der Waals surface area contributed by atoms with Crippen molar-refractivity contribution in [3.63, 3.8) is 0 Å². The van der Waals surface area contributed by atoms with E-state index >= 15 is 0 Å². The molecule has 0 bridgehead atoms. The largest absolute Gasteiger partial charge is 0.497 e. The van der Waals surface area contributed by atoms with Crippen LogP contribution in [-0.2, 0) is 25.9 Å². The van der Waals surface area contributed by atoms with Crippen LogP contribution in [0.2, 0.25) is 0 Å². The Morgan fingerprint density at radius 3 is 2.53 bits per heavy atom. The van der Waals surface area contributed by atoms with Crippen molar-refractivity contribution >= 4 is 44.2 Å². The van der Waals surface area contributed by atoms with Crippen LogP contribution >= 0.6 is 15.9 Å². The molecule has 1 N–H and O–H groups in total.